The van der Waals surface area contributed by atoms with Crippen LogP contribution in [0.2, 0.25) is 5.02 Å². The number of methoxy groups -OCH3 is 1. The van der Waals surface area contributed by atoms with Crippen molar-refractivity contribution < 1.29 is 13.2 Å². The summed E-state index contributed by atoms with van der Waals surface area (Å²) in [6, 6.07) is 8.42. The first kappa shape index (κ1) is 17.1. The van der Waals surface area contributed by atoms with E-state index in [1.165, 1.54) is 13.2 Å². The molecule has 0 spiro atoms. The van der Waals surface area contributed by atoms with Gasteiger partial charge in [-0.2, -0.15) is 0 Å². The van der Waals surface area contributed by atoms with Gasteiger partial charge in [-0.15, -0.1) is 0 Å². The Morgan fingerprint density at radius 3 is 2.45 bits per heavy atom. The second kappa shape index (κ2) is 6.48. The van der Waals surface area contributed by atoms with Crippen molar-refractivity contribution in [1.82, 2.24) is 0 Å². The Hall–Kier alpha value is -1.24. The van der Waals surface area contributed by atoms with Gasteiger partial charge in [-0.05, 0) is 53.5 Å². The summed E-state index contributed by atoms with van der Waals surface area (Å²) in [5.74, 6) is 0.210. The first-order valence-electron chi connectivity index (χ1n) is 6.37. The molecule has 2 rings (SSSR count). The van der Waals surface area contributed by atoms with Crippen LogP contribution in [0, 0.1) is 13.8 Å². The van der Waals surface area contributed by atoms with Crippen LogP contribution in [-0.2, 0) is 10.0 Å². The largest absolute Gasteiger partial charge is 0.494 e. The summed E-state index contributed by atoms with van der Waals surface area (Å²) in [5.41, 5.74) is 2.41. The lowest BCUT2D eigenvalue weighted by Gasteiger charge is -2.15. The number of halogens is 2. The predicted octanol–water partition coefficient (Wildman–Crippen LogP) is 4.53. The molecule has 118 valence electrons. The van der Waals surface area contributed by atoms with Crippen molar-refractivity contribution in [1.29, 1.82) is 0 Å². The van der Waals surface area contributed by atoms with Gasteiger partial charge in [0.2, 0.25) is 0 Å². The summed E-state index contributed by atoms with van der Waals surface area (Å²) in [6.45, 7) is 3.79. The Morgan fingerprint density at radius 2 is 1.86 bits per heavy atom. The second-order valence-electron chi connectivity index (χ2n) is 4.84. The topological polar surface area (TPSA) is 55.4 Å². The monoisotopic (exact) mass is 403 g/mol. The number of hydrogen-bond donors (Lipinski definition) is 1. The molecule has 0 heterocycles. The van der Waals surface area contributed by atoms with Crippen LogP contribution in [-0.4, -0.2) is 15.5 Å². The Morgan fingerprint density at radius 1 is 1.18 bits per heavy atom. The third-order valence-corrected chi connectivity index (χ3v) is 5.27. The SMILES string of the molecule is COc1c(Br)cc(Cl)cc1S(=O)(=O)Nc1ccc(C)cc1C. The molecule has 0 unspecified atom stereocenters. The minimum absolute atomic E-state index is 0.0191. The van der Waals surface area contributed by atoms with Gasteiger partial charge in [0.05, 0.1) is 17.3 Å². The molecule has 0 saturated carbocycles. The highest BCUT2D eigenvalue weighted by atomic mass is 79.9. The third-order valence-electron chi connectivity index (χ3n) is 3.09. The van der Waals surface area contributed by atoms with Crippen molar-refractivity contribution in [2.45, 2.75) is 18.7 Å². The predicted molar refractivity (Wildman–Crippen MR) is 92.4 cm³/mol. The second-order valence-corrected chi connectivity index (χ2v) is 7.78. The Bertz CT molecular complexity index is 822. The highest BCUT2D eigenvalue weighted by Gasteiger charge is 2.23. The van der Waals surface area contributed by atoms with E-state index >= 15 is 0 Å². The quantitative estimate of drug-likeness (QED) is 0.814. The van der Waals surface area contributed by atoms with Gasteiger partial charge in [0.1, 0.15) is 4.90 Å². The highest BCUT2D eigenvalue weighted by molar-refractivity contribution is 9.10. The number of anilines is 1. The molecule has 0 atom stereocenters. The van der Waals surface area contributed by atoms with E-state index in [4.69, 9.17) is 16.3 Å². The van der Waals surface area contributed by atoms with E-state index in [2.05, 4.69) is 20.7 Å². The van der Waals surface area contributed by atoms with E-state index in [1.54, 1.807) is 12.1 Å². The molecule has 0 saturated heterocycles. The Balaban J connectivity index is 2.51. The fourth-order valence-corrected chi connectivity index (χ4v) is 4.58. The van der Waals surface area contributed by atoms with Gasteiger partial charge < -0.3 is 4.74 Å². The summed E-state index contributed by atoms with van der Waals surface area (Å²) in [4.78, 5) is -0.0191. The van der Waals surface area contributed by atoms with E-state index in [9.17, 15) is 8.42 Å². The fourth-order valence-electron chi connectivity index (χ4n) is 2.06. The molecule has 0 aromatic heterocycles. The number of nitrogens with one attached hydrogen (secondary N) is 1. The van der Waals surface area contributed by atoms with E-state index < -0.39 is 10.0 Å². The van der Waals surface area contributed by atoms with Crippen LogP contribution in [0.5, 0.6) is 5.75 Å². The first-order valence-corrected chi connectivity index (χ1v) is 9.03. The molecule has 0 aliphatic rings. The number of hydrogen-bond acceptors (Lipinski definition) is 3. The van der Waals surface area contributed by atoms with Gasteiger partial charge >= 0.3 is 0 Å². The molecule has 22 heavy (non-hydrogen) atoms. The van der Waals surface area contributed by atoms with Gasteiger partial charge in [-0.3, -0.25) is 4.72 Å². The van der Waals surface area contributed by atoms with Gasteiger partial charge in [-0.1, -0.05) is 29.3 Å². The lowest BCUT2D eigenvalue weighted by Crippen LogP contribution is -2.15. The summed E-state index contributed by atoms with van der Waals surface area (Å²) >= 11 is 9.22. The molecule has 0 bridgehead atoms. The number of benzene rings is 2. The molecule has 7 heteroatoms. The third kappa shape index (κ3) is 3.56. The minimum atomic E-state index is -3.83. The van der Waals surface area contributed by atoms with Crippen LogP contribution in [0.4, 0.5) is 5.69 Å². The maximum Gasteiger partial charge on any atom is 0.265 e. The fraction of sp³-hybridized carbons (Fsp3) is 0.200. The molecule has 4 nitrogen and oxygen atoms in total. The summed E-state index contributed by atoms with van der Waals surface area (Å²) in [7, 11) is -2.42. The first-order chi connectivity index (χ1) is 10.2. The van der Waals surface area contributed by atoms with Gasteiger partial charge in [0.15, 0.2) is 5.75 Å². The van der Waals surface area contributed by atoms with Crippen molar-refractivity contribution in [3.8, 4) is 5.75 Å². The molecule has 2 aromatic carbocycles. The van der Waals surface area contributed by atoms with Gasteiger partial charge in [0.25, 0.3) is 10.0 Å². The van der Waals surface area contributed by atoms with Crippen molar-refractivity contribution in [3.63, 3.8) is 0 Å². The zero-order chi connectivity index (χ0) is 16.5. The molecular weight excluding hydrogens is 390 g/mol. The molecule has 1 N–H and O–H groups in total. The lowest BCUT2D eigenvalue weighted by atomic mass is 10.1. The van der Waals surface area contributed by atoms with Crippen LogP contribution in [0.3, 0.4) is 0 Å². The summed E-state index contributed by atoms with van der Waals surface area (Å²) < 4.78 is 33.5. The smallest absolute Gasteiger partial charge is 0.265 e. The zero-order valence-electron chi connectivity index (χ0n) is 12.3. The normalized spacial score (nSPS) is 11.3. The van der Waals surface area contributed by atoms with Crippen LogP contribution < -0.4 is 9.46 Å². The Kier molecular flexibility index (Phi) is 5.04. The zero-order valence-corrected chi connectivity index (χ0v) is 15.4. The van der Waals surface area contributed by atoms with E-state index in [1.807, 2.05) is 26.0 Å². The number of sulfonamides is 1. The van der Waals surface area contributed by atoms with Gasteiger partial charge in [0, 0.05) is 5.02 Å². The maximum atomic E-state index is 12.7. The maximum absolute atomic E-state index is 12.7. The van der Waals surface area contributed by atoms with Crippen LogP contribution in [0.1, 0.15) is 11.1 Å². The minimum Gasteiger partial charge on any atom is -0.494 e. The van der Waals surface area contributed by atoms with Crippen molar-refractivity contribution in [2.24, 2.45) is 0 Å². The van der Waals surface area contributed by atoms with E-state index in [0.717, 1.165) is 11.1 Å². The van der Waals surface area contributed by atoms with E-state index in [-0.39, 0.29) is 10.6 Å². The molecule has 0 aliphatic heterocycles. The van der Waals surface area contributed by atoms with Crippen molar-refractivity contribution in [2.75, 3.05) is 11.8 Å². The van der Waals surface area contributed by atoms with E-state index in [0.29, 0.717) is 15.2 Å². The molecule has 2 aromatic rings. The van der Waals surface area contributed by atoms with Crippen molar-refractivity contribution >= 4 is 43.2 Å². The highest BCUT2D eigenvalue weighted by Crippen LogP contribution is 2.36. The molecular formula is C15H15BrClNO3S. The van der Waals surface area contributed by atoms with Crippen molar-refractivity contribution in [3.05, 3.63) is 51.0 Å². The standard InChI is InChI=1S/C15H15BrClNO3S/c1-9-4-5-13(10(2)6-9)18-22(19,20)14-8-11(17)7-12(16)15(14)21-3/h4-8,18H,1-3H3. The summed E-state index contributed by atoms with van der Waals surface area (Å²) in [5, 5.41) is 0.300. The summed E-state index contributed by atoms with van der Waals surface area (Å²) in [6.07, 6.45) is 0. The molecule has 0 fully saturated rings. The lowest BCUT2D eigenvalue weighted by molar-refractivity contribution is 0.400. The number of rotatable bonds is 4. The van der Waals surface area contributed by atoms with Gasteiger partial charge in [-0.25, -0.2) is 8.42 Å². The van der Waals surface area contributed by atoms with Crippen LogP contribution in [0.15, 0.2) is 39.7 Å². The molecule has 0 amide bonds. The van der Waals surface area contributed by atoms with Crippen LogP contribution >= 0.6 is 27.5 Å². The number of aryl methyl sites for hydroxylation is 2. The number of ether oxygens (including phenoxy) is 1. The van der Waals surface area contributed by atoms with Crippen LogP contribution in [0.25, 0.3) is 0 Å². The molecule has 0 radical (unpaired) electrons. The average Bonchev–Trinajstić information content (AvgIpc) is 2.41. The molecule has 0 aliphatic carbocycles. The average molecular weight is 405 g/mol. The Labute approximate surface area is 143 Å².